The summed E-state index contributed by atoms with van der Waals surface area (Å²) in [5, 5.41) is 0. The quantitative estimate of drug-likeness (QED) is 0.762. The summed E-state index contributed by atoms with van der Waals surface area (Å²) in [5.74, 6) is 0.705. The van der Waals surface area contributed by atoms with E-state index >= 15 is 0 Å². The first kappa shape index (κ1) is 17.6. The zero-order valence-corrected chi connectivity index (χ0v) is 15.8. The second-order valence-corrected chi connectivity index (χ2v) is 8.88. The minimum absolute atomic E-state index is 0.0186. The Hall–Kier alpha value is -1.23. The van der Waals surface area contributed by atoms with Crippen molar-refractivity contribution in [3.63, 3.8) is 0 Å². The minimum atomic E-state index is 0.0186. The van der Waals surface area contributed by atoms with Crippen molar-refractivity contribution in [1.82, 2.24) is 9.88 Å². The topological polar surface area (TPSA) is 25.4 Å². The molecule has 1 aliphatic rings. The van der Waals surface area contributed by atoms with Crippen molar-refractivity contribution in [2.75, 3.05) is 13.2 Å². The Kier molecular flexibility index (Phi) is 5.69. The largest absolute Gasteiger partial charge is 0.376 e. The van der Waals surface area contributed by atoms with E-state index in [0.29, 0.717) is 5.92 Å². The molecule has 2 aromatic rings. The summed E-state index contributed by atoms with van der Waals surface area (Å²) in [7, 11) is 0. The summed E-state index contributed by atoms with van der Waals surface area (Å²) in [5.41, 5.74) is 1.36. The number of pyridine rings is 1. The Morgan fingerprint density at radius 3 is 2.67 bits per heavy atom. The summed E-state index contributed by atoms with van der Waals surface area (Å²) in [6.07, 6.45) is 6.09. The summed E-state index contributed by atoms with van der Waals surface area (Å²) >= 11 is 1.91. The van der Waals surface area contributed by atoms with Gasteiger partial charge in [-0.25, -0.2) is 0 Å². The molecule has 1 saturated heterocycles. The van der Waals surface area contributed by atoms with Crippen LogP contribution < -0.4 is 0 Å². The Morgan fingerprint density at radius 1 is 1.21 bits per heavy atom. The molecule has 3 nitrogen and oxygen atoms in total. The van der Waals surface area contributed by atoms with Crippen LogP contribution in [0.25, 0.3) is 0 Å². The van der Waals surface area contributed by atoms with Crippen LogP contribution in [0.2, 0.25) is 0 Å². The first-order valence-electron chi connectivity index (χ1n) is 8.81. The zero-order valence-electron chi connectivity index (χ0n) is 15.0. The van der Waals surface area contributed by atoms with Crippen molar-refractivity contribution in [1.29, 1.82) is 0 Å². The van der Waals surface area contributed by atoms with Gasteiger partial charge in [0.1, 0.15) is 0 Å². The Balaban J connectivity index is 1.69. The molecule has 0 spiro atoms. The van der Waals surface area contributed by atoms with Crippen molar-refractivity contribution in [3.05, 3.63) is 52.0 Å². The third-order valence-corrected chi connectivity index (χ3v) is 5.63. The fraction of sp³-hybridized carbons (Fsp3) is 0.550. The highest BCUT2D eigenvalue weighted by molar-refractivity contribution is 7.11. The second kappa shape index (κ2) is 7.77. The van der Waals surface area contributed by atoms with Gasteiger partial charge in [0.15, 0.2) is 0 Å². The van der Waals surface area contributed by atoms with Crippen molar-refractivity contribution in [2.45, 2.75) is 52.3 Å². The van der Waals surface area contributed by atoms with Crippen LogP contribution >= 0.6 is 11.3 Å². The van der Waals surface area contributed by atoms with E-state index in [0.717, 1.165) is 32.7 Å². The Labute approximate surface area is 149 Å². The fourth-order valence-electron chi connectivity index (χ4n) is 3.60. The number of ether oxygens (including phenoxy) is 1. The molecule has 24 heavy (non-hydrogen) atoms. The van der Waals surface area contributed by atoms with Crippen LogP contribution in [0.15, 0.2) is 36.7 Å². The maximum Gasteiger partial charge on any atom is 0.0629 e. The molecule has 1 aliphatic heterocycles. The molecule has 130 valence electrons. The average molecular weight is 345 g/mol. The molecule has 3 heterocycles. The molecule has 4 heteroatoms. The highest BCUT2D eigenvalue weighted by Crippen LogP contribution is 2.30. The number of rotatable bonds is 6. The molecule has 0 bridgehead atoms. The molecule has 0 N–H and O–H groups in total. The number of aromatic nitrogens is 1. The lowest BCUT2D eigenvalue weighted by Crippen LogP contribution is -2.39. The van der Waals surface area contributed by atoms with Gasteiger partial charge in [0.25, 0.3) is 0 Å². The van der Waals surface area contributed by atoms with E-state index in [4.69, 9.17) is 4.74 Å². The molecular formula is C20H28N2OS. The number of thiophene rings is 1. The van der Waals surface area contributed by atoms with E-state index in [1.54, 1.807) is 0 Å². The van der Waals surface area contributed by atoms with Gasteiger partial charge < -0.3 is 4.74 Å². The standard InChI is InChI=1S/C20H28N2OS/c1-16-4-5-19(24-16)15-22(13-17-6-9-21-10-7-17)14-18-8-11-23-20(2,3)12-18/h4-7,9-10,18H,8,11-15H2,1-3H3. The van der Waals surface area contributed by atoms with Crippen molar-refractivity contribution >= 4 is 11.3 Å². The van der Waals surface area contributed by atoms with Crippen molar-refractivity contribution in [2.24, 2.45) is 5.92 Å². The van der Waals surface area contributed by atoms with Crippen molar-refractivity contribution < 1.29 is 4.74 Å². The lowest BCUT2D eigenvalue weighted by atomic mass is 9.88. The third kappa shape index (κ3) is 5.13. The average Bonchev–Trinajstić information content (AvgIpc) is 2.92. The number of aryl methyl sites for hydroxylation is 1. The van der Waals surface area contributed by atoms with E-state index in [-0.39, 0.29) is 5.60 Å². The summed E-state index contributed by atoms with van der Waals surface area (Å²) < 4.78 is 5.89. The molecule has 3 rings (SSSR count). The minimum Gasteiger partial charge on any atom is -0.376 e. The lowest BCUT2D eigenvalue weighted by Gasteiger charge is -2.38. The monoisotopic (exact) mass is 344 g/mol. The maximum absolute atomic E-state index is 5.89. The predicted molar refractivity (Wildman–Crippen MR) is 100 cm³/mol. The maximum atomic E-state index is 5.89. The Morgan fingerprint density at radius 2 is 2.00 bits per heavy atom. The van der Waals surface area contributed by atoms with Crippen LogP contribution in [0, 0.1) is 12.8 Å². The van der Waals surface area contributed by atoms with Crippen LogP contribution in [0.1, 0.15) is 42.0 Å². The van der Waals surface area contributed by atoms with Crippen LogP contribution in [0.4, 0.5) is 0 Å². The molecular weight excluding hydrogens is 316 g/mol. The summed E-state index contributed by atoms with van der Waals surface area (Å²) in [6, 6.07) is 8.75. The zero-order chi connectivity index (χ0) is 17.0. The van der Waals surface area contributed by atoms with E-state index in [9.17, 15) is 0 Å². The highest BCUT2D eigenvalue weighted by Gasteiger charge is 2.29. The van der Waals surface area contributed by atoms with E-state index in [1.165, 1.54) is 21.7 Å². The van der Waals surface area contributed by atoms with Gasteiger partial charge in [-0.05, 0) is 69.4 Å². The summed E-state index contributed by atoms with van der Waals surface area (Å²) in [4.78, 5) is 9.57. The molecule has 0 aromatic carbocycles. The van der Waals surface area contributed by atoms with Gasteiger partial charge in [-0.1, -0.05) is 0 Å². The first-order chi connectivity index (χ1) is 11.5. The van der Waals surface area contributed by atoms with Gasteiger partial charge in [-0.15, -0.1) is 11.3 Å². The van der Waals surface area contributed by atoms with Crippen LogP contribution in [-0.4, -0.2) is 28.6 Å². The van der Waals surface area contributed by atoms with Gasteiger partial charge >= 0.3 is 0 Å². The van der Waals surface area contributed by atoms with E-state index < -0.39 is 0 Å². The second-order valence-electron chi connectivity index (χ2n) is 7.50. The van der Waals surface area contributed by atoms with Gasteiger partial charge in [-0.2, -0.15) is 0 Å². The number of hydrogen-bond acceptors (Lipinski definition) is 4. The molecule has 1 fully saturated rings. The summed E-state index contributed by atoms with van der Waals surface area (Å²) in [6.45, 7) is 10.6. The predicted octanol–water partition coefficient (Wildman–Crippen LogP) is 4.66. The first-order valence-corrected chi connectivity index (χ1v) is 9.62. The van der Waals surface area contributed by atoms with Crippen LogP contribution in [0.5, 0.6) is 0 Å². The molecule has 0 aliphatic carbocycles. The molecule has 2 aromatic heterocycles. The van der Waals surface area contributed by atoms with Crippen LogP contribution in [0.3, 0.4) is 0 Å². The van der Waals surface area contributed by atoms with Crippen LogP contribution in [-0.2, 0) is 17.8 Å². The van der Waals surface area contributed by atoms with Gasteiger partial charge in [0.2, 0.25) is 0 Å². The molecule has 0 saturated carbocycles. The molecule has 0 amide bonds. The number of nitrogens with zero attached hydrogens (tertiary/aromatic N) is 2. The molecule has 0 radical (unpaired) electrons. The van der Waals surface area contributed by atoms with Gasteiger partial charge in [-0.3, -0.25) is 9.88 Å². The van der Waals surface area contributed by atoms with E-state index in [1.807, 2.05) is 23.7 Å². The highest BCUT2D eigenvalue weighted by atomic mass is 32.1. The lowest BCUT2D eigenvalue weighted by molar-refractivity contribution is -0.0774. The SMILES string of the molecule is Cc1ccc(CN(Cc2ccncc2)CC2CCOC(C)(C)C2)s1. The Bertz CT molecular complexity index is 638. The number of hydrogen-bond donors (Lipinski definition) is 0. The third-order valence-electron chi connectivity index (χ3n) is 4.65. The van der Waals surface area contributed by atoms with Gasteiger partial charge in [0.05, 0.1) is 5.60 Å². The smallest absolute Gasteiger partial charge is 0.0629 e. The van der Waals surface area contributed by atoms with Crippen molar-refractivity contribution in [3.8, 4) is 0 Å². The van der Waals surface area contributed by atoms with E-state index in [2.05, 4.69) is 54.9 Å². The van der Waals surface area contributed by atoms with Gasteiger partial charge in [0, 0.05) is 48.4 Å². The molecule has 1 unspecified atom stereocenters. The molecule has 1 atom stereocenters. The normalized spacial score (nSPS) is 20.4. The fourth-order valence-corrected chi connectivity index (χ4v) is 4.53.